The second-order valence-electron chi connectivity index (χ2n) is 5.04. The van der Waals surface area contributed by atoms with Crippen LogP contribution in [0, 0.1) is 18.3 Å². The Morgan fingerprint density at radius 1 is 1.23 bits per heavy atom. The Morgan fingerprint density at radius 3 is 2.41 bits per heavy atom. The van der Waals surface area contributed by atoms with Gasteiger partial charge in [0, 0.05) is 11.9 Å². The average Bonchev–Trinajstić information content (AvgIpc) is 2.45. The summed E-state index contributed by atoms with van der Waals surface area (Å²) >= 11 is 0. The molecule has 0 amide bonds. The van der Waals surface area contributed by atoms with E-state index in [9.17, 15) is 8.42 Å². The topological polar surface area (TPSA) is 95.7 Å². The summed E-state index contributed by atoms with van der Waals surface area (Å²) in [5, 5.41) is 12.0. The van der Waals surface area contributed by atoms with Crippen molar-refractivity contribution in [3.05, 3.63) is 47.3 Å². The lowest BCUT2D eigenvalue weighted by atomic mass is 10.1. The quantitative estimate of drug-likeness (QED) is 0.929. The van der Waals surface area contributed by atoms with Gasteiger partial charge in [-0.2, -0.15) is 5.26 Å². The summed E-state index contributed by atoms with van der Waals surface area (Å²) < 4.78 is 22.9. The van der Waals surface area contributed by atoms with Gasteiger partial charge in [0.1, 0.15) is 11.8 Å². The molecular formula is C15H16N4O2S. The van der Waals surface area contributed by atoms with Crippen LogP contribution in [-0.4, -0.2) is 24.6 Å². The van der Waals surface area contributed by atoms with Crippen molar-refractivity contribution in [3.63, 3.8) is 0 Å². The smallest absolute Gasteiger partial charge is 0.224 e. The van der Waals surface area contributed by atoms with Gasteiger partial charge >= 0.3 is 0 Å². The molecule has 0 unspecified atom stereocenters. The number of anilines is 1. The van der Waals surface area contributed by atoms with E-state index < -0.39 is 9.84 Å². The number of sulfone groups is 1. The van der Waals surface area contributed by atoms with Crippen molar-refractivity contribution in [1.82, 2.24) is 9.97 Å². The van der Waals surface area contributed by atoms with Crippen molar-refractivity contribution < 1.29 is 8.42 Å². The number of aromatic nitrogens is 2. The maximum Gasteiger partial charge on any atom is 0.224 e. The Kier molecular flexibility index (Phi) is 4.43. The highest BCUT2D eigenvalue weighted by Gasteiger charge is 2.11. The molecular weight excluding hydrogens is 300 g/mol. The van der Waals surface area contributed by atoms with Gasteiger partial charge in [-0.25, -0.2) is 18.4 Å². The first-order valence-corrected chi connectivity index (χ1v) is 8.51. The van der Waals surface area contributed by atoms with Crippen LogP contribution in [0.1, 0.15) is 29.9 Å². The minimum Gasteiger partial charge on any atom is -0.348 e. The molecule has 1 aromatic heterocycles. The Bertz CT molecular complexity index is 824. The fourth-order valence-electron chi connectivity index (χ4n) is 1.97. The zero-order valence-electron chi connectivity index (χ0n) is 12.5. The van der Waals surface area contributed by atoms with Crippen molar-refractivity contribution in [1.29, 1.82) is 5.26 Å². The van der Waals surface area contributed by atoms with E-state index in [1.54, 1.807) is 37.3 Å². The van der Waals surface area contributed by atoms with Crippen LogP contribution in [-0.2, 0) is 9.84 Å². The van der Waals surface area contributed by atoms with Crippen LogP contribution in [0.5, 0.6) is 0 Å². The summed E-state index contributed by atoms with van der Waals surface area (Å²) in [6, 6.07) is 10.1. The third-order valence-corrected chi connectivity index (χ3v) is 4.25. The number of aryl methyl sites for hydroxylation is 1. The van der Waals surface area contributed by atoms with Crippen molar-refractivity contribution >= 4 is 15.8 Å². The molecule has 0 fully saturated rings. The maximum absolute atomic E-state index is 11.4. The standard InChI is InChI=1S/C15H16N4O2S/c1-10-8-13(9-16)19-15(17-10)18-11(2)12-4-6-14(7-5-12)22(3,20)21/h4-8,11H,1-3H3,(H,17,18,19)/t11-/m0/s1. The number of benzene rings is 1. The molecule has 0 aliphatic rings. The van der Waals surface area contributed by atoms with Crippen LogP contribution < -0.4 is 5.32 Å². The summed E-state index contributed by atoms with van der Waals surface area (Å²) in [5.41, 5.74) is 1.90. The van der Waals surface area contributed by atoms with E-state index in [2.05, 4.69) is 15.3 Å². The summed E-state index contributed by atoms with van der Waals surface area (Å²) in [5.74, 6) is 0.372. The van der Waals surface area contributed by atoms with Crippen LogP contribution in [0.25, 0.3) is 0 Å². The second kappa shape index (κ2) is 6.12. The number of nitriles is 1. The third-order valence-electron chi connectivity index (χ3n) is 3.12. The van der Waals surface area contributed by atoms with Gasteiger partial charge in [0.25, 0.3) is 0 Å². The minimum atomic E-state index is -3.20. The Balaban J connectivity index is 2.21. The molecule has 22 heavy (non-hydrogen) atoms. The second-order valence-corrected chi connectivity index (χ2v) is 7.05. The SMILES string of the molecule is Cc1cc(C#N)nc(N[C@@H](C)c2ccc(S(C)(=O)=O)cc2)n1. The van der Waals surface area contributed by atoms with E-state index in [4.69, 9.17) is 5.26 Å². The fraction of sp³-hybridized carbons (Fsp3) is 0.267. The lowest BCUT2D eigenvalue weighted by molar-refractivity contribution is 0.602. The van der Waals surface area contributed by atoms with Crippen LogP contribution in [0.15, 0.2) is 35.2 Å². The fourth-order valence-corrected chi connectivity index (χ4v) is 2.60. The van der Waals surface area contributed by atoms with E-state index in [1.165, 1.54) is 6.26 Å². The highest BCUT2D eigenvalue weighted by atomic mass is 32.2. The number of nitrogens with one attached hydrogen (secondary N) is 1. The van der Waals surface area contributed by atoms with Gasteiger partial charge in [0.2, 0.25) is 5.95 Å². The molecule has 0 aliphatic carbocycles. The van der Waals surface area contributed by atoms with Crippen LogP contribution in [0.3, 0.4) is 0 Å². The third kappa shape index (κ3) is 3.80. The van der Waals surface area contributed by atoms with Gasteiger partial charge in [0.15, 0.2) is 9.84 Å². The highest BCUT2D eigenvalue weighted by molar-refractivity contribution is 7.90. The average molecular weight is 316 g/mol. The predicted molar refractivity (Wildman–Crippen MR) is 83.1 cm³/mol. The first kappa shape index (κ1) is 15.9. The molecule has 1 aromatic carbocycles. The van der Waals surface area contributed by atoms with E-state index in [1.807, 2.05) is 13.0 Å². The van der Waals surface area contributed by atoms with E-state index >= 15 is 0 Å². The first-order valence-electron chi connectivity index (χ1n) is 6.62. The minimum absolute atomic E-state index is 0.123. The molecule has 0 aliphatic heterocycles. The Morgan fingerprint density at radius 2 is 1.86 bits per heavy atom. The largest absolute Gasteiger partial charge is 0.348 e. The molecule has 0 bridgehead atoms. The van der Waals surface area contributed by atoms with Crippen LogP contribution in [0.2, 0.25) is 0 Å². The number of hydrogen-bond donors (Lipinski definition) is 1. The van der Waals surface area contributed by atoms with Gasteiger partial charge in [-0.3, -0.25) is 0 Å². The summed E-state index contributed by atoms with van der Waals surface area (Å²) in [4.78, 5) is 8.61. The molecule has 7 heteroatoms. The molecule has 2 aromatic rings. The molecule has 114 valence electrons. The molecule has 1 N–H and O–H groups in total. The van der Waals surface area contributed by atoms with Gasteiger partial charge in [-0.05, 0) is 37.6 Å². The Labute approximate surface area is 129 Å². The van der Waals surface area contributed by atoms with Gasteiger partial charge in [-0.1, -0.05) is 12.1 Å². The summed E-state index contributed by atoms with van der Waals surface area (Å²) in [7, 11) is -3.20. The number of nitrogens with zero attached hydrogens (tertiary/aromatic N) is 3. The zero-order valence-corrected chi connectivity index (χ0v) is 13.3. The molecule has 0 saturated heterocycles. The monoisotopic (exact) mass is 316 g/mol. The van der Waals surface area contributed by atoms with E-state index in [0.29, 0.717) is 17.3 Å². The van der Waals surface area contributed by atoms with E-state index in [-0.39, 0.29) is 10.9 Å². The molecule has 0 saturated carbocycles. The van der Waals surface area contributed by atoms with Gasteiger partial charge < -0.3 is 5.32 Å². The molecule has 0 radical (unpaired) electrons. The van der Waals surface area contributed by atoms with Crippen LogP contribution in [0.4, 0.5) is 5.95 Å². The lowest BCUT2D eigenvalue weighted by Gasteiger charge is -2.15. The molecule has 6 nitrogen and oxygen atoms in total. The summed E-state index contributed by atoms with van der Waals surface area (Å²) in [6.07, 6.45) is 1.17. The Hall–Kier alpha value is -2.46. The van der Waals surface area contributed by atoms with Crippen molar-refractivity contribution in [2.45, 2.75) is 24.8 Å². The van der Waals surface area contributed by atoms with Gasteiger partial charge in [0.05, 0.1) is 10.9 Å². The van der Waals surface area contributed by atoms with Crippen molar-refractivity contribution in [2.24, 2.45) is 0 Å². The predicted octanol–water partition coefficient (Wildman–Crippen LogP) is 2.23. The maximum atomic E-state index is 11.4. The number of hydrogen-bond acceptors (Lipinski definition) is 6. The first-order chi connectivity index (χ1) is 10.3. The molecule has 1 heterocycles. The van der Waals surface area contributed by atoms with E-state index in [0.717, 1.165) is 5.56 Å². The van der Waals surface area contributed by atoms with Crippen LogP contribution >= 0.6 is 0 Å². The van der Waals surface area contributed by atoms with Gasteiger partial charge in [-0.15, -0.1) is 0 Å². The molecule has 2 rings (SSSR count). The zero-order chi connectivity index (χ0) is 16.3. The summed E-state index contributed by atoms with van der Waals surface area (Å²) in [6.45, 7) is 3.70. The number of rotatable bonds is 4. The normalized spacial score (nSPS) is 12.5. The van der Waals surface area contributed by atoms with Crippen molar-refractivity contribution in [3.8, 4) is 6.07 Å². The highest BCUT2D eigenvalue weighted by Crippen LogP contribution is 2.19. The van der Waals surface area contributed by atoms with Crippen molar-refractivity contribution in [2.75, 3.05) is 11.6 Å². The molecule has 1 atom stereocenters. The lowest BCUT2D eigenvalue weighted by Crippen LogP contribution is -2.11. The molecule has 0 spiro atoms.